The molecule has 8 aromatic rings. The maximum absolute atomic E-state index is 5.48. The van der Waals surface area contributed by atoms with Gasteiger partial charge in [0.1, 0.15) is 0 Å². The van der Waals surface area contributed by atoms with Gasteiger partial charge in [0.15, 0.2) is 0 Å². The Morgan fingerprint density at radius 1 is 0.308 bits per heavy atom. The lowest BCUT2D eigenvalue weighted by molar-refractivity contribution is 0.660. The summed E-state index contributed by atoms with van der Waals surface area (Å²) in [5.74, 6) is 0. The normalized spacial score (nSPS) is 14.5. The van der Waals surface area contributed by atoms with E-state index in [1.807, 2.05) is 0 Å². The standard InChI is InChI=1S/C50H38N2/c1-49(2)41-21-13-11-19-35(41)37-25-23-33(27-43(37)49)39-29-45-46(51-47(39)31-15-7-5-8-16-31)30-40(48(52-45)32-17-9-6-10-18-32)34-24-26-38-36-20-12-14-22-42(36)50(3,4)44(38)28-34/h5-30H,1-4H3. The van der Waals surface area contributed by atoms with E-state index in [1.165, 1.54) is 44.5 Å². The van der Waals surface area contributed by atoms with Gasteiger partial charge in [0.25, 0.3) is 0 Å². The fourth-order valence-electron chi connectivity index (χ4n) is 8.91. The van der Waals surface area contributed by atoms with Gasteiger partial charge in [-0.25, -0.2) is 9.97 Å². The quantitative estimate of drug-likeness (QED) is 0.187. The fourth-order valence-corrected chi connectivity index (χ4v) is 8.91. The molecule has 6 aromatic carbocycles. The second-order valence-electron chi connectivity index (χ2n) is 15.4. The molecule has 2 heterocycles. The third-order valence-electron chi connectivity index (χ3n) is 11.7. The van der Waals surface area contributed by atoms with Crippen molar-refractivity contribution in [3.8, 4) is 67.0 Å². The predicted octanol–water partition coefficient (Wildman–Crippen LogP) is 12.9. The minimum Gasteiger partial charge on any atom is -0.245 e. The second-order valence-corrected chi connectivity index (χ2v) is 15.4. The lowest BCUT2D eigenvalue weighted by Crippen LogP contribution is -2.15. The van der Waals surface area contributed by atoms with Crippen LogP contribution in [0.3, 0.4) is 0 Å². The molecular formula is C50H38N2. The molecule has 2 nitrogen and oxygen atoms in total. The van der Waals surface area contributed by atoms with E-state index in [9.17, 15) is 0 Å². The Morgan fingerprint density at radius 2 is 0.673 bits per heavy atom. The van der Waals surface area contributed by atoms with Crippen molar-refractivity contribution in [2.45, 2.75) is 38.5 Å². The number of aromatic nitrogens is 2. The van der Waals surface area contributed by atoms with Gasteiger partial charge in [0, 0.05) is 33.1 Å². The van der Waals surface area contributed by atoms with Crippen molar-refractivity contribution in [1.29, 1.82) is 0 Å². The Morgan fingerprint density at radius 3 is 1.10 bits per heavy atom. The lowest BCUT2D eigenvalue weighted by Gasteiger charge is -2.23. The van der Waals surface area contributed by atoms with Crippen LogP contribution in [-0.2, 0) is 10.8 Å². The number of benzene rings is 6. The molecule has 2 heteroatoms. The largest absolute Gasteiger partial charge is 0.245 e. The van der Waals surface area contributed by atoms with Crippen molar-refractivity contribution in [3.05, 3.63) is 180 Å². The highest BCUT2D eigenvalue weighted by molar-refractivity contribution is 5.97. The number of rotatable bonds is 4. The number of nitrogens with zero attached hydrogens (tertiary/aromatic N) is 2. The Labute approximate surface area is 305 Å². The zero-order valence-electron chi connectivity index (χ0n) is 29.9. The van der Waals surface area contributed by atoms with Gasteiger partial charge < -0.3 is 0 Å². The summed E-state index contributed by atoms with van der Waals surface area (Å²) in [7, 11) is 0. The van der Waals surface area contributed by atoms with Gasteiger partial charge in [0.05, 0.1) is 22.4 Å². The van der Waals surface area contributed by atoms with Crippen LogP contribution >= 0.6 is 0 Å². The van der Waals surface area contributed by atoms with Crippen molar-refractivity contribution in [1.82, 2.24) is 9.97 Å². The maximum atomic E-state index is 5.48. The van der Waals surface area contributed by atoms with Gasteiger partial charge in [-0.15, -0.1) is 0 Å². The molecule has 10 rings (SSSR count). The van der Waals surface area contributed by atoms with Crippen LogP contribution in [0.4, 0.5) is 0 Å². The van der Waals surface area contributed by atoms with Crippen LogP contribution in [0.1, 0.15) is 49.9 Å². The summed E-state index contributed by atoms with van der Waals surface area (Å²) in [6.45, 7) is 9.36. The van der Waals surface area contributed by atoms with E-state index in [0.29, 0.717) is 0 Å². The molecule has 2 aromatic heterocycles. The first-order valence-corrected chi connectivity index (χ1v) is 18.3. The molecule has 0 spiro atoms. The molecule has 0 saturated carbocycles. The molecule has 0 N–H and O–H groups in total. The van der Waals surface area contributed by atoms with Crippen molar-refractivity contribution in [2.75, 3.05) is 0 Å². The number of hydrogen-bond donors (Lipinski definition) is 0. The van der Waals surface area contributed by atoms with Crippen molar-refractivity contribution in [3.63, 3.8) is 0 Å². The van der Waals surface area contributed by atoms with Crippen molar-refractivity contribution < 1.29 is 0 Å². The van der Waals surface area contributed by atoms with Crippen LogP contribution in [0.5, 0.6) is 0 Å². The minimum absolute atomic E-state index is 0.0987. The van der Waals surface area contributed by atoms with Gasteiger partial charge in [-0.3, -0.25) is 0 Å². The molecule has 0 atom stereocenters. The topological polar surface area (TPSA) is 25.8 Å². The summed E-state index contributed by atoms with van der Waals surface area (Å²) in [5, 5.41) is 0. The maximum Gasteiger partial charge on any atom is 0.0901 e. The van der Waals surface area contributed by atoms with E-state index in [4.69, 9.17) is 9.97 Å². The Balaban J connectivity index is 1.20. The summed E-state index contributed by atoms with van der Waals surface area (Å²) in [4.78, 5) is 11.0. The van der Waals surface area contributed by atoms with Crippen LogP contribution < -0.4 is 0 Å². The molecule has 52 heavy (non-hydrogen) atoms. The summed E-state index contributed by atoms with van der Waals surface area (Å²) in [5.41, 5.74) is 20.9. The number of fused-ring (bicyclic) bond motifs is 7. The first kappa shape index (κ1) is 30.7. The third kappa shape index (κ3) is 4.50. The first-order chi connectivity index (χ1) is 25.3. The van der Waals surface area contributed by atoms with E-state index >= 15 is 0 Å². The zero-order valence-corrected chi connectivity index (χ0v) is 29.9. The Bertz CT molecular complexity index is 2530. The summed E-state index contributed by atoms with van der Waals surface area (Å²) in [6.07, 6.45) is 0. The molecule has 0 amide bonds. The average molecular weight is 667 g/mol. The minimum atomic E-state index is -0.0987. The van der Waals surface area contributed by atoms with Crippen LogP contribution in [0, 0.1) is 0 Å². The third-order valence-corrected chi connectivity index (χ3v) is 11.7. The lowest BCUT2D eigenvalue weighted by atomic mass is 9.81. The van der Waals surface area contributed by atoms with Gasteiger partial charge in [-0.05, 0) is 79.9 Å². The molecule has 0 bridgehead atoms. The smallest absolute Gasteiger partial charge is 0.0901 e. The summed E-state index contributed by atoms with van der Waals surface area (Å²) >= 11 is 0. The highest BCUT2D eigenvalue weighted by atomic mass is 14.8. The monoisotopic (exact) mass is 666 g/mol. The second kappa shape index (κ2) is 11.2. The van der Waals surface area contributed by atoms with Crippen molar-refractivity contribution >= 4 is 11.0 Å². The van der Waals surface area contributed by atoms with E-state index in [1.54, 1.807) is 0 Å². The molecule has 2 aliphatic rings. The van der Waals surface area contributed by atoms with E-state index in [0.717, 1.165) is 55.8 Å². The number of hydrogen-bond acceptors (Lipinski definition) is 2. The van der Waals surface area contributed by atoms with Gasteiger partial charge in [-0.2, -0.15) is 0 Å². The van der Waals surface area contributed by atoms with Gasteiger partial charge >= 0.3 is 0 Å². The van der Waals surface area contributed by atoms with E-state index in [-0.39, 0.29) is 10.8 Å². The molecule has 248 valence electrons. The Hall–Kier alpha value is -6.12. The van der Waals surface area contributed by atoms with Gasteiger partial charge in [0.2, 0.25) is 0 Å². The molecular weight excluding hydrogens is 629 g/mol. The van der Waals surface area contributed by atoms with Crippen LogP contribution in [-0.4, -0.2) is 9.97 Å². The molecule has 2 aliphatic carbocycles. The predicted molar refractivity (Wildman–Crippen MR) is 216 cm³/mol. The molecule has 0 aliphatic heterocycles. The van der Waals surface area contributed by atoms with E-state index < -0.39 is 0 Å². The fraction of sp³-hybridized carbons (Fsp3) is 0.120. The number of pyridine rings is 2. The van der Waals surface area contributed by atoms with Crippen LogP contribution in [0.2, 0.25) is 0 Å². The SMILES string of the molecule is CC1(C)c2ccccc2-c2ccc(-c3cc4nc(-c5ccccc5)c(-c5ccc6c(c5)C(C)(C)c5ccccc5-6)cc4nc3-c3ccccc3)cc21. The summed E-state index contributed by atoms with van der Waals surface area (Å²) in [6, 6.07) is 57.3. The van der Waals surface area contributed by atoms with Crippen LogP contribution in [0.15, 0.2) is 158 Å². The molecule has 0 fully saturated rings. The summed E-state index contributed by atoms with van der Waals surface area (Å²) < 4.78 is 0. The average Bonchev–Trinajstić information content (AvgIpc) is 3.56. The Kier molecular flexibility index (Phi) is 6.60. The molecule has 0 radical (unpaired) electrons. The van der Waals surface area contributed by atoms with E-state index in [2.05, 4.69) is 185 Å². The highest BCUT2D eigenvalue weighted by Crippen LogP contribution is 2.52. The van der Waals surface area contributed by atoms with Crippen LogP contribution in [0.25, 0.3) is 78.1 Å². The highest BCUT2D eigenvalue weighted by Gasteiger charge is 2.37. The molecule has 0 unspecified atom stereocenters. The van der Waals surface area contributed by atoms with Crippen molar-refractivity contribution in [2.24, 2.45) is 0 Å². The van der Waals surface area contributed by atoms with Gasteiger partial charge in [-0.1, -0.05) is 161 Å². The zero-order chi connectivity index (χ0) is 35.2. The first-order valence-electron chi connectivity index (χ1n) is 18.3. The molecule has 0 saturated heterocycles.